The molecule has 2 nitrogen and oxygen atoms in total. The lowest BCUT2D eigenvalue weighted by molar-refractivity contribution is -0.137. The van der Waals surface area contributed by atoms with Gasteiger partial charge in [-0.15, -0.1) is 0 Å². The van der Waals surface area contributed by atoms with Crippen LogP contribution in [0.1, 0.15) is 122 Å². The van der Waals surface area contributed by atoms with Gasteiger partial charge in [-0.3, -0.25) is 4.79 Å². The van der Waals surface area contributed by atoms with E-state index in [0.717, 1.165) is 12.8 Å². The molecule has 0 spiro atoms. The molecule has 0 saturated carbocycles. The highest BCUT2D eigenvalue weighted by Crippen LogP contribution is 2.11. The van der Waals surface area contributed by atoms with Crippen molar-refractivity contribution < 1.29 is 9.90 Å². The molecule has 0 atom stereocenters. The molecule has 0 amide bonds. The molecule has 0 aromatic carbocycles. The molecule has 0 aliphatic rings. The van der Waals surface area contributed by atoms with E-state index in [4.69, 9.17) is 5.11 Å². The van der Waals surface area contributed by atoms with Gasteiger partial charge in [-0.2, -0.15) is 0 Å². The Kier molecular flexibility index (Phi) is 19.6. The zero-order valence-corrected chi connectivity index (χ0v) is 16.2. The van der Waals surface area contributed by atoms with E-state index in [-0.39, 0.29) is 0 Å². The van der Waals surface area contributed by atoms with Gasteiger partial charge in [0.2, 0.25) is 0 Å². The number of carbonyl (C=O) groups is 1. The van der Waals surface area contributed by atoms with Crippen LogP contribution in [0.3, 0.4) is 0 Å². The van der Waals surface area contributed by atoms with Crippen molar-refractivity contribution in [3.8, 4) is 0 Å². The van der Waals surface area contributed by atoms with E-state index >= 15 is 0 Å². The van der Waals surface area contributed by atoms with E-state index in [2.05, 4.69) is 19.1 Å². The first kappa shape index (κ1) is 23.2. The van der Waals surface area contributed by atoms with Gasteiger partial charge in [-0.1, -0.05) is 96.1 Å². The van der Waals surface area contributed by atoms with Crippen molar-refractivity contribution in [2.24, 2.45) is 0 Å². The van der Waals surface area contributed by atoms with Crippen LogP contribution in [0.15, 0.2) is 12.2 Å². The lowest BCUT2D eigenvalue weighted by atomic mass is 10.1. The first-order valence-electron chi connectivity index (χ1n) is 10.6. The Morgan fingerprint density at radius 2 is 1.00 bits per heavy atom. The average molecular weight is 339 g/mol. The van der Waals surface area contributed by atoms with Crippen molar-refractivity contribution in [2.45, 2.75) is 122 Å². The third kappa shape index (κ3) is 21.2. The minimum absolute atomic E-state index is 0.335. The van der Waals surface area contributed by atoms with E-state index < -0.39 is 5.97 Å². The number of hydrogen-bond donors (Lipinski definition) is 1. The fraction of sp³-hybridized carbons (Fsp3) is 0.864. The molecule has 1 N–H and O–H groups in total. The number of hydrogen-bond acceptors (Lipinski definition) is 1. The predicted octanol–water partition coefficient (Wildman–Crippen LogP) is 7.67. The summed E-state index contributed by atoms with van der Waals surface area (Å²) < 4.78 is 0. The average Bonchev–Trinajstić information content (AvgIpc) is 2.56. The normalized spacial score (nSPS) is 11.4. The highest BCUT2D eigenvalue weighted by Gasteiger charge is 1.96. The molecule has 0 unspecified atom stereocenters. The Bertz CT molecular complexity index is 284. The Hall–Kier alpha value is -0.790. The summed E-state index contributed by atoms with van der Waals surface area (Å²) >= 11 is 0. The summed E-state index contributed by atoms with van der Waals surface area (Å²) in [5.74, 6) is -0.660. The molecular formula is C22H42O2. The SMILES string of the molecule is CCCCCCCCCCCC=CCCCCCCCCC(=O)O. The van der Waals surface area contributed by atoms with E-state index in [1.54, 1.807) is 0 Å². The number of carboxylic acid groups (broad SMARTS) is 1. The second-order valence-electron chi connectivity index (χ2n) is 7.14. The Balaban J connectivity index is 3.07. The van der Waals surface area contributed by atoms with Crippen molar-refractivity contribution in [1.82, 2.24) is 0 Å². The Morgan fingerprint density at radius 3 is 1.42 bits per heavy atom. The molecule has 0 aliphatic carbocycles. The highest BCUT2D eigenvalue weighted by molar-refractivity contribution is 5.66. The van der Waals surface area contributed by atoms with Gasteiger partial charge in [0.1, 0.15) is 0 Å². The quantitative estimate of drug-likeness (QED) is 0.194. The third-order valence-corrected chi connectivity index (χ3v) is 4.65. The van der Waals surface area contributed by atoms with Crippen molar-refractivity contribution in [3.63, 3.8) is 0 Å². The van der Waals surface area contributed by atoms with Gasteiger partial charge in [0, 0.05) is 6.42 Å². The van der Waals surface area contributed by atoms with Crippen LogP contribution < -0.4 is 0 Å². The van der Waals surface area contributed by atoms with Gasteiger partial charge in [0.05, 0.1) is 0 Å². The summed E-state index contributed by atoms with van der Waals surface area (Å²) in [5, 5.41) is 8.55. The molecule has 24 heavy (non-hydrogen) atoms. The van der Waals surface area contributed by atoms with Crippen LogP contribution in [0.25, 0.3) is 0 Å². The minimum Gasteiger partial charge on any atom is -0.481 e. The molecule has 0 radical (unpaired) electrons. The van der Waals surface area contributed by atoms with E-state index in [1.807, 2.05) is 0 Å². The first-order valence-corrected chi connectivity index (χ1v) is 10.6. The second-order valence-corrected chi connectivity index (χ2v) is 7.14. The maximum Gasteiger partial charge on any atom is 0.303 e. The molecule has 0 heterocycles. The van der Waals surface area contributed by atoms with Gasteiger partial charge in [0.25, 0.3) is 0 Å². The summed E-state index contributed by atoms with van der Waals surface area (Å²) in [4.78, 5) is 10.4. The molecule has 0 rings (SSSR count). The van der Waals surface area contributed by atoms with Crippen molar-refractivity contribution in [3.05, 3.63) is 12.2 Å². The minimum atomic E-state index is -0.660. The third-order valence-electron chi connectivity index (χ3n) is 4.65. The van der Waals surface area contributed by atoms with E-state index in [9.17, 15) is 4.79 Å². The van der Waals surface area contributed by atoms with E-state index in [0.29, 0.717) is 6.42 Å². The summed E-state index contributed by atoms with van der Waals surface area (Å²) in [6.07, 6.45) is 27.1. The van der Waals surface area contributed by atoms with Crippen LogP contribution in [0.2, 0.25) is 0 Å². The number of allylic oxidation sites excluding steroid dienone is 2. The maximum atomic E-state index is 10.4. The summed E-state index contributed by atoms with van der Waals surface area (Å²) in [7, 11) is 0. The Labute approximate surface area is 151 Å². The van der Waals surface area contributed by atoms with Gasteiger partial charge in [-0.25, -0.2) is 0 Å². The number of carboxylic acids is 1. The fourth-order valence-corrected chi connectivity index (χ4v) is 3.05. The van der Waals surface area contributed by atoms with E-state index in [1.165, 1.54) is 96.3 Å². The smallest absolute Gasteiger partial charge is 0.303 e. The fourth-order valence-electron chi connectivity index (χ4n) is 3.05. The Morgan fingerprint density at radius 1 is 0.625 bits per heavy atom. The van der Waals surface area contributed by atoms with Gasteiger partial charge in [0.15, 0.2) is 0 Å². The van der Waals surface area contributed by atoms with Crippen LogP contribution in [0.5, 0.6) is 0 Å². The highest BCUT2D eigenvalue weighted by atomic mass is 16.4. The zero-order chi connectivity index (χ0) is 17.7. The molecule has 0 aromatic rings. The van der Waals surface area contributed by atoms with Crippen molar-refractivity contribution >= 4 is 5.97 Å². The number of unbranched alkanes of at least 4 members (excludes halogenated alkanes) is 15. The first-order chi connectivity index (χ1) is 11.8. The monoisotopic (exact) mass is 338 g/mol. The van der Waals surface area contributed by atoms with Crippen molar-refractivity contribution in [1.29, 1.82) is 0 Å². The molecule has 0 aliphatic heterocycles. The van der Waals surface area contributed by atoms with Gasteiger partial charge in [-0.05, 0) is 32.1 Å². The summed E-state index contributed by atoms with van der Waals surface area (Å²) in [6.45, 7) is 2.28. The topological polar surface area (TPSA) is 37.3 Å². The maximum absolute atomic E-state index is 10.4. The van der Waals surface area contributed by atoms with Gasteiger partial charge < -0.3 is 5.11 Å². The van der Waals surface area contributed by atoms with Gasteiger partial charge >= 0.3 is 5.97 Å². The second kappa shape index (κ2) is 20.3. The zero-order valence-electron chi connectivity index (χ0n) is 16.2. The molecule has 0 saturated heterocycles. The predicted molar refractivity (Wildman–Crippen MR) is 106 cm³/mol. The molecule has 0 fully saturated rings. The number of rotatable bonds is 19. The molecular weight excluding hydrogens is 296 g/mol. The van der Waals surface area contributed by atoms with Crippen LogP contribution in [0.4, 0.5) is 0 Å². The largest absolute Gasteiger partial charge is 0.481 e. The van der Waals surface area contributed by atoms with Crippen molar-refractivity contribution in [2.75, 3.05) is 0 Å². The molecule has 0 bridgehead atoms. The number of aliphatic carboxylic acids is 1. The van der Waals surface area contributed by atoms with Crippen LogP contribution in [-0.2, 0) is 4.79 Å². The standard InChI is InChI=1S/C22H42O2/c1-2-3-4-5-6-7-8-9-10-11-12-13-14-15-16-17-18-19-20-21-22(23)24/h12-13H,2-11,14-21H2,1H3,(H,23,24). The summed E-state index contributed by atoms with van der Waals surface area (Å²) in [6, 6.07) is 0. The van der Waals surface area contributed by atoms with Crippen LogP contribution >= 0.6 is 0 Å². The summed E-state index contributed by atoms with van der Waals surface area (Å²) in [5.41, 5.74) is 0. The molecule has 2 heteroatoms. The molecule has 142 valence electrons. The lowest BCUT2D eigenvalue weighted by Gasteiger charge is -2.01. The van der Waals surface area contributed by atoms with Crippen LogP contribution in [-0.4, -0.2) is 11.1 Å². The molecule has 0 aromatic heterocycles. The van der Waals surface area contributed by atoms with Crippen LogP contribution in [0, 0.1) is 0 Å². The lowest BCUT2D eigenvalue weighted by Crippen LogP contribution is -1.93.